The zero-order valence-electron chi connectivity index (χ0n) is 14.9. The van der Waals surface area contributed by atoms with Crippen LogP contribution in [0.5, 0.6) is 5.75 Å². The van der Waals surface area contributed by atoms with Crippen molar-refractivity contribution in [2.75, 3.05) is 6.61 Å². The minimum Gasteiger partial charge on any atom is -0.471 e. The molecule has 0 saturated heterocycles. The van der Waals surface area contributed by atoms with Crippen molar-refractivity contribution in [1.29, 1.82) is 0 Å². The SMILES string of the molecule is CC(C)(COC(=O)Cc1ccc(Cl)cc1)C(=O)C(Br)Oc1ccc(Cl)cc1. The summed E-state index contributed by atoms with van der Waals surface area (Å²) in [6.07, 6.45) is 0.112. The van der Waals surface area contributed by atoms with E-state index < -0.39 is 16.4 Å². The number of alkyl halides is 1. The first-order valence-electron chi connectivity index (χ1n) is 8.18. The number of benzene rings is 2. The third-order valence-corrected chi connectivity index (χ3v) is 4.89. The molecule has 27 heavy (non-hydrogen) atoms. The van der Waals surface area contributed by atoms with Gasteiger partial charge in [0.1, 0.15) is 12.4 Å². The van der Waals surface area contributed by atoms with Crippen LogP contribution in [-0.2, 0) is 20.7 Å². The Bertz CT molecular complexity index is 789. The highest BCUT2D eigenvalue weighted by Crippen LogP contribution is 2.26. The number of carbonyl (C=O) groups is 2. The molecule has 0 bridgehead atoms. The summed E-state index contributed by atoms with van der Waals surface area (Å²) in [7, 11) is 0. The summed E-state index contributed by atoms with van der Waals surface area (Å²) < 4.78 is 10.9. The van der Waals surface area contributed by atoms with Gasteiger partial charge in [-0.05, 0) is 71.7 Å². The van der Waals surface area contributed by atoms with E-state index in [1.54, 1.807) is 62.4 Å². The second kappa shape index (κ2) is 9.58. The fourth-order valence-corrected chi connectivity index (χ4v) is 3.23. The van der Waals surface area contributed by atoms with Crippen LogP contribution in [0.1, 0.15) is 19.4 Å². The molecule has 7 heteroatoms. The van der Waals surface area contributed by atoms with Crippen LogP contribution in [-0.4, -0.2) is 23.4 Å². The molecule has 0 heterocycles. The van der Waals surface area contributed by atoms with E-state index in [2.05, 4.69) is 15.9 Å². The highest BCUT2D eigenvalue weighted by Gasteiger charge is 2.35. The van der Waals surface area contributed by atoms with Crippen LogP contribution in [0.25, 0.3) is 0 Å². The molecule has 2 rings (SSSR count). The lowest BCUT2D eigenvalue weighted by atomic mass is 9.89. The molecule has 0 aromatic heterocycles. The van der Waals surface area contributed by atoms with Crippen molar-refractivity contribution in [3.8, 4) is 5.75 Å². The van der Waals surface area contributed by atoms with Crippen LogP contribution in [0.3, 0.4) is 0 Å². The van der Waals surface area contributed by atoms with Gasteiger partial charge >= 0.3 is 5.97 Å². The summed E-state index contributed by atoms with van der Waals surface area (Å²) >= 11 is 14.9. The number of hydrogen-bond acceptors (Lipinski definition) is 4. The largest absolute Gasteiger partial charge is 0.471 e. The van der Waals surface area contributed by atoms with Crippen LogP contribution in [0.4, 0.5) is 0 Å². The number of rotatable bonds is 8. The predicted molar refractivity (Wildman–Crippen MR) is 110 cm³/mol. The number of Topliss-reactive ketones (excluding diaryl/α,β-unsaturated/α-hetero) is 1. The Kier molecular flexibility index (Phi) is 7.71. The van der Waals surface area contributed by atoms with Gasteiger partial charge in [0.05, 0.1) is 11.8 Å². The van der Waals surface area contributed by atoms with Gasteiger partial charge in [0, 0.05) is 10.0 Å². The lowest BCUT2D eigenvalue weighted by Gasteiger charge is -2.25. The van der Waals surface area contributed by atoms with Crippen molar-refractivity contribution in [2.24, 2.45) is 5.41 Å². The average Bonchev–Trinajstić information content (AvgIpc) is 2.63. The van der Waals surface area contributed by atoms with Gasteiger partial charge in [0.2, 0.25) is 5.01 Å². The number of carbonyl (C=O) groups excluding carboxylic acids is 2. The van der Waals surface area contributed by atoms with Gasteiger partial charge in [0.25, 0.3) is 0 Å². The number of ether oxygens (including phenoxy) is 2. The van der Waals surface area contributed by atoms with Crippen LogP contribution in [0.15, 0.2) is 48.5 Å². The minimum absolute atomic E-state index is 0.0513. The maximum Gasteiger partial charge on any atom is 0.310 e. The Morgan fingerprint density at radius 2 is 1.52 bits per heavy atom. The molecule has 0 spiro atoms. The summed E-state index contributed by atoms with van der Waals surface area (Å²) in [4.78, 5) is 24.7. The molecule has 0 saturated carbocycles. The van der Waals surface area contributed by atoms with Crippen molar-refractivity contribution in [3.05, 3.63) is 64.1 Å². The second-order valence-electron chi connectivity index (χ2n) is 6.60. The number of esters is 1. The molecular weight excluding hydrogens is 455 g/mol. The lowest BCUT2D eigenvalue weighted by molar-refractivity contribution is -0.149. The monoisotopic (exact) mass is 472 g/mol. The summed E-state index contributed by atoms with van der Waals surface area (Å²) in [5.41, 5.74) is -0.131. The first-order chi connectivity index (χ1) is 12.7. The molecule has 2 aromatic carbocycles. The Balaban J connectivity index is 1.87. The molecule has 1 atom stereocenters. The van der Waals surface area contributed by atoms with E-state index in [1.165, 1.54) is 0 Å². The van der Waals surface area contributed by atoms with Crippen molar-refractivity contribution in [1.82, 2.24) is 0 Å². The lowest BCUT2D eigenvalue weighted by Crippen LogP contribution is -2.38. The van der Waals surface area contributed by atoms with Crippen molar-refractivity contribution in [3.63, 3.8) is 0 Å². The predicted octanol–water partition coefficient (Wildman–Crippen LogP) is 5.47. The topological polar surface area (TPSA) is 52.6 Å². The maximum atomic E-state index is 12.6. The Hall–Kier alpha value is -1.56. The van der Waals surface area contributed by atoms with Crippen molar-refractivity contribution >= 4 is 50.9 Å². The van der Waals surface area contributed by atoms with Gasteiger partial charge in [-0.25, -0.2) is 0 Å². The van der Waals surface area contributed by atoms with E-state index in [-0.39, 0.29) is 18.8 Å². The van der Waals surface area contributed by atoms with E-state index in [0.29, 0.717) is 15.8 Å². The van der Waals surface area contributed by atoms with Crippen LogP contribution < -0.4 is 4.74 Å². The van der Waals surface area contributed by atoms with Gasteiger partial charge in [-0.1, -0.05) is 35.3 Å². The molecule has 0 radical (unpaired) electrons. The number of halogens is 3. The van der Waals surface area contributed by atoms with Crippen molar-refractivity contribution < 1.29 is 19.1 Å². The van der Waals surface area contributed by atoms with Crippen LogP contribution in [0, 0.1) is 5.41 Å². The molecule has 2 aromatic rings. The third-order valence-electron chi connectivity index (χ3n) is 3.78. The normalized spacial score (nSPS) is 12.3. The second-order valence-corrected chi connectivity index (χ2v) is 8.30. The fraction of sp³-hybridized carbons (Fsp3) is 0.300. The van der Waals surface area contributed by atoms with E-state index in [0.717, 1.165) is 5.56 Å². The fourth-order valence-electron chi connectivity index (χ4n) is 2.15. The number of hydrogen-bond donors (Lipinski definition) is 0. The zero-order valence-corrected chi connectivity index (χ0v) is 18.0. The quantitative estimate of drug-likeness (QED) is 0.376. The molecule has 0 fully saturated rings. The zero-order chi connectivity index (χ0) is 20.0. The standard InChI is InChI=1S/C20H19BrCl2O4/c1-20(2,12-26-17(24)11-13-3-5-14(22)6-4-13)18(25)19(21)27-16-9-7-15(23)8-10-16/h3-10,19H,11-12H2,1-2H3. The molecule has 0 aliphatic carbocycles. The van der Waals surface area contributed by atoms with Crippen molar-refractivity contribution in [2.45, 2.75) is 25.3 Å². The van der Waals surface area contributed by atoms with Gasteiger partial charge in [0.15, 0.2) is 5.78 Å². The van der Waals surface area contributed by atoms with Crippen LogP contribution >= 0.6 is 39.1 Å². The highest BCUT2D eigenvalue weighted by molar-refractivity contribution is 9.09. The first kappa shape index (κ1) is 21.7. The molecule has 0 amide bonds. The summed E-state index contributed by atoms with van der Waals surface area (Å²) in [5.74, 6) is -0.148. The molecule has 0 aliphatic heterocycles. The number of ketones is 1. The van der Waals surface area contributed by atoms with E-state index in [1.807, 2.05) is 0 Å². The molecule has 0 N–H and O–H groups in total. The summed E-state index contributed by atoms with van der Waals surface area (Å²) in [6.45, 7) is 3.35. The Labute approximate surface area is 176 Å². The Morgan fingerprint density at radius 3 is 2.07 bits per heavy atom. The molecular formula is C20H19BrCl2O4. The van der Waals surface area contributed by atoms with E-state index >= 15 is 0 Å². The van der Waals surface area contributed by atoms with Crippen LogP contribution in [0.2, 0.25) is 10.0 Å². The molecule has 1 unspecified atom stereocenters. The molecule has 0 aliphatic rings. The first-order valence-corrected chi connectivity index (χ1v) is 9.85. The van der Waals surface area contributed by atoms with Gasteiger partial charge in [-0.2, -0.15) is 0 Å². The molecule has 4 nitrogen and oxygen atoms in total. The smallest absolute Gasteiger partial charge is 0.310 e. The highest BCUT2D eigenvalue weighted by atomic mass is 79.9. The average molecular weight is 474 g/mol. The Morgan fingerprint density at radius 1 is 1.00 bits per heavy atom. The molecule has 144 valence electrons. The summed E-state index contributed by atoms with van der Waals surface area (Å²) in [6, 6.07) is 13.6. The minimum atomic E-state index is -0.920. The summed E-state index contributed by atoms with van der Waals surface area (Å²) in [5, 5.41) is 0.305. The third kappa shape index (κ3) is 6.83. The van der Waals surface area contributed by atoms with Gasteiger partial charge in [-0.15, -0.1) is 0 Å². The van der Waals surface area contributed by atoms with Gasteiger partial charge in [-0.3, -0.25) is 9.59 Å². The van der Waals surface area contributed by atoms with Gasteiger partial charge < -0.3 is 9.47 Å². The van der Waals surface area contributed by atoms with E-state index in [9.17, 15) is 9.59 Å². The maximum absolute atomic E-state index is 12.6. The van der Waals surface area contributed by atoms with E-state index in [4.69, 9.17) is 32.7 Å².